The Kier molecular flexibility index (Phi) is 6.89. The third-order valence-electron chi connectivity index (χ3n) is 4.54. The van der Waals surface area contributed by atoms with Crippen LogP contribution >= 0.6 is 0 Å². The summed E-state index contributed by atoms with van der Waals surface area (Å²) >= 11 is 0. The van der Waals surface area contributed by atoms with Gasteiger partial charge in [0.15, 0.2) is 0 Å². The minimum atomic E-state index is 0.503. The van der Waals surface area contributed by atoms with Gasteiger partial charge in [-0.15, -0.1) is 0 Å². The molecule has 0 aromatic heterocycles. The first-order valence-electron chi connectivity index (χ1n) is 9.25. The Bertz CT molecular complexity index is 684. The fourth-order valence-corrected chi connectivity index (χ4v) is 3.25. The SMILES string of the molecule is CCNc1ccc(Cc2c(C)cc(OCCN)cc2C)cc1C(C)C. The molecular weight excluding hydrogens is 308 g/mol. The van der Waals surface area contributed by atoms with Crippen LogP contribution in [-0.4, -0.2) is 19.7 Å². The van der Waals surface area contributed by atoms with Gasteiger partial charge in [-0.2, -0.15) is 0 Å². The highest BCUT2D eigenvalue weighted by molar-refractivity contribution is 5.55. The number of rotatable bonds is 8. The molecule has 0 heterocycles. The first kappa shape index (κ1) is 19.3. The summed E-state index contributed by atoms with van der Waals surface area (Å²) in [6, 6.07) is 11.0. The molecule has 2 aromatic rings. The average Bonchev–Trinajstić information content (AvgIpc) is 2.57. The van der Waals surface area contributed by atoms with Gasteiger partial charge in [-0.05, 0) is 79.1 Å². The molecule has 2 aromatic carbocycles. The Morgan fingerprint density at radius 1 is 1.08 bits per heavy atom. The highest BCUT2D eigenvalue weighted by Gasteiger charge is 2.11. The smallest absolute Gasteiger partial charge is 0.119 e. The van der Waals surface area contributed by atoms with Gasteiger partial charge in [-0.25, -0.2) is 0 Å². The largest absolute Gasteiger partial charge is 0.492 e. The summed E-state index contributed by atoms with van der Waals surface area (Å²) in [6.45, 7) is 13.0. The molecule has 0 aliphatic rings. The maximum Gasteiger partial charge on any atom is 0.119 e. The molecule has 136 valence electrons. The number of ether oxygens (including phenoxy) is 1. The Balaban J connectivity index is 2.28. The van der Waals surface area contributed by atoms with Gasteiger partial charge in [0, 0.05) is 18.8 Å². The predicted molar refractivity (Wildman–Crippen MR) is 108 cm³/mol. The standard InChI is InChI=1S/C22H32N2O/c1-6-24-22-8-7-18(13-20(22)15(2)3)14-21-16(4)11-19(12-17(21)5)25-10-9-23/h7-8,11-13,15,24H,6,9-10,14,23H2,1-5H3. The summed E-state index contributed by atoms with van der Waals surface area (Å²) in [5.41, 5.74) is 13.4. The van der Waals surface area contributed by atoms with Gasteiger partial charge in [0.2, 0.25) is 0 Å². The molecule has 0 aliphatic carbocycles. The van der Waals surface area contributed by atoms with Gasteiger partial charge in [-0.3, -0.25) is 0 Å². The zero-order valence-corrected chi connectivity index (χ0v) is 16.3. The summed E-state index contributed by atoms with van der Waals surface area (Å²) in [5.74, 6) is 1.41. The maximum atomic E-state index is 5.68. The van der Waals surface area contributed by atoms with Crippen LogP contribution in [0.4, 0.5) is 5.69 Å². The molecule has 25 heavy (non-hydrogen) atoms. The molecule has 0 radical (unpaired) electrons. The lowest BCUT2D eigenvalue weighted by atomic mass is 9.92. The monoisotopic (exact) mass is 340 g/mol. The van der Waals surface area contributed by atoms with E-state index in [9.17, 15) is 0 Å². The van der Waals surface area contributed by atoms with Crippen molar-refractivity contribution in [2.75, 3.05) is 25.0 Å². The molecule has 0 amide bonds. The van der Waals surface area contributed by atoms with E-state index in [1.165, 1.54) is 33.5 Å². The van der Waals surface area contributed by atoms with E-state index in [1.807, 2.05) is 0 Å². The summed E-state index contributed by atoms with van der Waals surface area (Å²) < 4.78 is 5.68. The van der Waals surface area contributed by atoms with E-state index in [-0.39, 0.29) is 0 Å². The third-order valence-corrected chi connectivity index (χ3v) is 4.54. The van der Waals surface area contributed by atoms with E-state index in [1.54, 1.807) is 0 Å². The molecule has 0 atom stereocenters. The number of nitrogens with two attached hydrogens (primary N) is 1. The normalized spacial score (nSPS) is 11.0. The first-order valence-corrected chi connectivity index (χ1v) is 9.25. The number of nitrogens with one attached hydrogen (secondary N) is 1. The molecule has 3 heteroatoms. The molecule has 0 fully saturated rings. The van der Waals surface area contributed by atoms with Gasteiger partial charge >= 0.3 is 0 Å². The lowest BCUT2D eigenvalue weighted by Gasteiger charge is -2.17. The van der Waals surface area contributed by atoms with Gasteiger partial charge in [0.25, 0.3) is 0 Å². The maximum absolute atomic E-state index is 5.68. The number of aryl methyl sites for hydroxylation is 2. The number of benzene rings is 2. The second-order valence-corrected chi connectivity index (χ2v) is 6.96. The summed E-state index contributed by atoms with van der Waals surface area (Å²) in [6.07, 6.45) is 0.945. The van der Waals surface area contributed by atoms with Crippen LogP contribution in [0.3, 0.4) is 0 Å². The minimum absolute atomic E-state index is 0.503. The molecule has 0 saturated heterocycles. The fourth-order valence-electron chi connectivity index (χ4n) is 3.25. The van der Waals surface area contributed by atoms with Crippen molar-refractivity contribution in [1.29, 1.82) is 0 Å². The second kappa shape index (κ2) is 8.91. The van der Waals surface area contributed by atoms with Crippen molar-refractivity contribution in [2.45, 2.75) is 47.0 Å². The van der Waals surface area contributed by atoms with Gasteiger partial charge in [0.05, 0.1) is 0 Å². The van der Waals surface area contributed by atoms with Crippen molar-refractivity contribution in [3.63, 3.8) is 0 Å². The van der Waals surface area contributed by atoms with E-state index >= 15 is 0 Å². The number of hydrogen-bond acceptors (Lipinski definition) is 3. The van der Waals surface area contributed by atoms with Gasteiger partial charge < -0.3 is 15.8 Å². The number of hydrogen-bond donors (Lipinski definition) is 2. The molecule has 0 unspecified atom stereocenters. The highest BCUT2D eigenvalue weighted by atomic mass is 16.5. The lowest BCUT2D eigenvalue weighted by Crippen LogP contribution is -2.11. The van der Waals surface area contributed by atoms with Crippen LogP contribution in [0, 0.1) is 13.8 Å². The van der Waals surface area contributed by atoms with Crippen LogP contribution in [-0.2, 0) is 6.42 Å². The quantitative estimate of drug-likeness (QED) is 0.726. The second-order valence-electron chi connectivity index (χ2n) is 6.96. The Labute approximate surface area is 152 Å². The van der Waals surface area contributed by atoms with Crippen LogP contribution in [0.25, 0.3) is 0 Å². The summed E-state index contributed by atoms with van der Waals surface area (Å²) in [7, 11) is 0. The third kappa shape index (κ3) is 4.99. The van der Waals surface area contributed by atoms with Crippen molar-refractivity contribution < 1.29 is 4.74 Å². The molecule has 0 aliphatic heterocycles. The Morgan fingerprint density at radius 2 is 1.76 bits per heavy atom. The molecule has 2 rings (SSSR count). The molecule has 3 nitrogen and oxygen atoms in total. The van der Waals surface area contributed by atoms with Crippen LogP contribution in [0.5, 0.6) is 5.75 Å². The van der Waals surface area contributed by atoms with Gasteiger partial charge in [0.1, 0.15) is 12.4 Å². The van der Waals surface area contributed by atoms with E-state index < -0.39 is 0 Å². The molecular formula is C22H32N2O. The number of anilines is 1. The van der Waals surface area contributed by atoms with E-state index in [0.717, 1.165) is 18.7 Å². The molecule has 0 bridgehead atoms. The van der Waals surface area contributed by atoms with Crippen LogP contribution < -0.4 is 15.8 Å². The fraction of sp³-hybridized carbons (Fsp3) is 0.455. The van der Waals surface area contributed by atoms with Crippen molar-refractivity contribution in [1.82, 2.24) is 0 Å². The van der Waals surface area contributed by atoms with E-state index in [4.69, 9.17) is 10.5 Å². The predicted octanol–water partition coefficient (Wildman–Crippen LogP) is 4.79. The van der Waals surface area contributed by atoms with E-state index in [2.05, 4.69) is 70.3 Å². The minimum Gasteiger partial charge on any atom is -0.492 e. The Hall–Kier alpha value is -2.00. The summed E-state index contributed by atoms with van der Waals surface area (Å²) in [5, 5.41) is 3.47. The van der Waals surface area contributed by atoms with Gasteiger partial charge in [-0.1, -0.05) is 26.0 Å². The van der Waals surface area contributed by atoms with Crippen molar-refractivity contribution >= 4 is 5.69 Å². The van der Waals surface area contributed by atoms with Crippen LogP contribution in [0.15, 0.2) is 30.3 Å². The van der Waals surface area contributed by atoms with Crippen LogP contribution in [0.1, 0.15) is 54.5 Å². The van der Waals surface area contributed by atoms with E-state index in [0.29, 0.717) is 19.1 Å². The molecule has 3 N–H and O–H groups in total. The van der Waals surface area contributed by atoms with Crippen LogP contribution in [0.2, 0.25) is 0 Å². The summed E-state index contributed by atoms with van der Waals surface area (Å²) in [4.78, 5) is 0. The van der Waals surface area contributed by atoms with Crippen molar-refractivity contribution in [2.24, 2.45) is 5.73 Å². The lowest BCUT2D eigenvalue weighted by molar-refractivity contribution is 0.328. The zero-order chi connectivity index (χ0) is 18.4. The van der Waals surface area contributed by atoms with Crippen molar-refractivity contribution in [3.8, 4) is 5.75 Å². The topological polar surface area (TPSA) is 47.3 Å². The zero-order valence-electron chi connectivity index (χ0n) is 16.3. The van der Waals surface area contributed by atoms with Crippen molar-refractivity contribution in [3.05, 3.63) is 58.1 Å². The molecule has 0 spiro atoms. The average molecular weight is 341 g/mol. The highest BCUT2D eigenvalue weighted by Crippen LogP contribution is 2.29. The Morgan fingerprint density at radius 3 is 2.32 bits per heavy atom. The first-order chi connectivity index (χ1) is 12.0. The molecule has 0 saturated carbocycles.